The summed E-state index contributed by atoms with van der Waals surface area (Å²) in [7, 11) is 0. The Morgan fingerprint density at radius 2 is 2.14 bits per heavy atom. The molecule has 1 aromatic carbocycles. The molecule has 28 heavy (non-hydrogen) atoms. The van der Waals surface area contributed by atoms with Gasteiger partial charge in [0.25, 0.3) is 5.91 Å². The predicted octanol–water partition coefficient (Wildman–Crippen LogP) is 1.27. The highest BCUT2D eigenvalue weighted by molar-refractivity contribution is 6.04. The predicted molar refractivity (Wildman–Crippen MR) is 109 cm³/mol. The Morgan fingerprint density at radius 1 is 1.29 bits per heavy atom. The van der Waals surface area contributed by atoms with Crippen LogP contribution in [-0.2, 0) is 5.54 Å². The quantitative estimate of drug-likeness (QED) is 0.725. The number of fused-ring (bicyclic) bond motifs is 3. The summed E-state index contributed by atoms with van der Waals surface area (Å²) in [6.07, 6.45) is 4.87. The average molecular weight is 383 g/mol. The van der Waals surface area contributed by atoms with Crippen molar-refractivity contribution in [3.05, 3.63) is 29.6 Å². The van der Waals surface area contributed by atoms with Gasteiger partial charge in [-0.1, -0.05) is 12.5 Å². The Balaban J connectivity index is 1.46. The topological polar surface area (TPSA) is 90.3 Å². The molecule has 0 radical (unpaired) electrons. The van der Waals surface area contributed by atoms with Gasteiger partial charge in [0.15, 0.2) is 0 Å². The van der Waals surface area contributed by atoms with E-state index in [1.807, 2.05) is 12.1 Å². The Morgan fingerprint density at radius 3 is 2.96 bits per heavy atom. The smallest absolute Gasteiger partial charge is 0.250 e. The van der Waals surface area contributed by atoms with Crippen molar-refractivity contribution >= 4 is 16.9 Å². The van der Waals surface area contributed by atoms with Crippen molar-refractivity contribution in [1.82, 2.24) is 25.1 Å². The molecular formula is C21H30N6O. The van der Waals surface area contributed by atoms with Crippen molar-refractivity contribution in [2.75, 3.05) is 45.8 Å². The number of nitrogens with one attached hydrogen (secondary N) is 2. The molecule has 1 aromatic heterocycles. The first-order chi connectivity index (χ1) is 13.7. The van der Waals surface area contributed by atoms with Crippen molar-refractivity contribution < 1.29 is 4.79 Å². The summed E-state index contributed by atoms with van der Waals surface area (Å²) < 4.78 is 0. The van der Waals surface area contributed by atoms with Crippen LogP contribution in [0.4, 0.5) is 0 Å². The van der Waals surface area contributed by atoms with Crippen molar-refractivity contribution in [2.45, 2.75) is 31.2 Å². The van der Waals surface area contributed by atoms with Gasteiger partial charge in [-0.2, -0.15) is 0 Å². The van der Waals surface area contributed by atoms with Gasteiger partial charge in [0.05, 0.1) is 16.6 Å². The molecule has 7 heteroatoms. The fourth-order valence-electron chi connectivity index (χ4n) is 5.61. The normalized spacial score (nSPS) is 28.8. The van der Waals surface area contributed by atoms with Crippen LogP contribution < -0.4 is 11.1 Å². The molecule has 7 nitrogen and oxygen atoms in total. The third kappa shape index (κ3) is 3.02. The molecule has 2 aromatic rings. The minimum absolute atomic E-state index is 0.0229. The first-order valence-corrected chi connectivity index (χ1v) is 10.6. The molecule has 150 valence electrons. The molecule has 3 aliphatic rings. The summed E-state index contributed by atoms with van der Waals surface area (Å²) in [4.78, 5) is 25.6. The van der Waals surface area contributed by atoms with Crippen LogP contribution in [0.15, 0.2) is 18.2 Å². The fourth-order valence-corrected chi connectivity index (χ4v) is 5.61. The number of hydrogen-bond acceptors (Lipinski definition) is 5. The highest BCUT2D eigenvalue weighted by Crippen LogP contribution is 2.49. The molecule has 2 aliphatic heterocycles. The number of hydrogen-bond donors (Lipinski definition) is 3. The monoisotopic (exact) mass is 382 g/mol. The highest BCUT2D eigenvalue weighted by atomic mass is 16.1. The maximum absolute atomic E-state index is 11.8. The van der Waals surface area contributed by atoms with Crippen LogP contribution in [0.2, 0.25) is 0 Å². The molecule has 1 aliphatic carbocycles. The molecular weight excluding hydrogens is 352 g/mol. The Hall–Kier alpha value is -1.96. The molecule has 2 saturated heterocycles. The molecule has 1 saturated carbocycles. The maximum Gasteiger partial charge on any atom is 0.250 e. The van der Waals surface area contributed by atoms with E-state index in [-0.39, 0.29) is 5.54 Å². The maximum atomic E-state index is 11.8. The molecule has 2 atom stereocenters. The number of piperazine rings is 1. The van der Waals surface area contributed by atoms with Crippen LogP contribution >= 0.6 is 0 Å². The number of imidazole rings is 1. The number of aromatic amines is 1. The Labute approximate surface area is 165 Å². The van der Waals surface area contributed by atoms with E-state index in [9.17, 15) is 4.79 Å². The van der Waals surface area contributed by atoms with E-state index in [1.165, 1.54) is 19.3 Å². The molecule has 0 unspecified atom stereocenters. The summed E-state index contributed by atoms with van der Waals surface area (Å²) >= 11 is 0. The molecule has 0 spiro atoms. The largest absolute Gasteiger partial charge is 0.366 e. The fraction of sp³-hybridized carbons (Fsp3) is 0.619. The molecule has 5 rings (SSSR count). The number of amides is 1. The number of likely N-dealkylation sites (tertiary alicyclic amines) is 1. The van der Waals surface area contributed by atoms with Gasteiger partial charge in [-0.25, -0.2) is 4.98 Å². The summed E-state index contributed by atoms with van der Waals surface area (Å²) in [5.41, 5.74) is 7.70. The molecule has 3 fully saturated rings. The van der Waals surface area contributed by atoms with Crippen molar-refractivity contribution in [2.24, 2.45) is 11.7 Å². The molecule has 4 N–H and O–H groups in total. The van der Waals surface area contributed by atoms with Crippen LogP contribution in [0.25, 0.3) is 11.0 Å². The van der Waals surface area contributed by atoms with E-state index in [2.05, 4.69) is 20.1 Å². The second-order valence-corrected chi connectivity index (χ2v) is 8.68. The summed E-state index contributed by atoms with van der Waals surface area (Å²) in [5.74, 6) is 1.36. The second kappa shape index (κ2) is 7.13. The number of carbonyl (C=O) groups is 1. The lowest BCUT2D eigenvalue weighted by atomic mass is 9.79. The number of aromatic nitrogens is 2. The lowest BCUT2D eigenvalue weighted by Gasteiger charge is -2.39. The van der Waals surface area contributed by atoms with Crippen LogP contribution in [0.3, 0.4) is 0 Å². The molecule has 2 bridgehead atoms. The van der Waals surface area contributed by atoms with Crippen LogP contribution in [0, 0.1) is 5.92 Å². The highest BCUT2D eigenvalue weighted by Gasteiger charge is 2.50. The third-order valence-electron chi connectivity index (χ3n) is 7.03. The summed E-state index contributed by atoms with van der Waals surface area (Å²) in [6.45, 7) is 7.80. The van der Waals surface area contributed by atoms with Gasteiger partial charge in [0.2, 0.25) is 0 Å². The van der Waals surface area contributed by atoms with Gasteiger partial charge >= 0.3 is 0 Å². The third-order valence-corrected chi connectivity index (χ3v) is 7.03. The van der Waals surface area contributed by atoms with Gasteiger partial charge in [0.1, 0.15) is 11.3 Å². The van der Waals surface area contributed by atoms with Crippen molar-refractivity contribution in [3.63, 3.8) is 0 Å². The zero-order valence-corrected chi connectivity index (χ0v) is 16.4. The van der Waals surface area contributed by atoms with E-state index in [0.29, 0.717) is 5.56 Å². The number of nitrogens with zero attached hydrogens (tertiary/aromatic N) is 3. The van der Waals surface area contributed by atoms with Crippen LogP contribution in [0.1, 0.15) is 41.9 Å². The summed E-state index contributed by atoms with van der Waals surface area (Å²) in [6, 6.07) is 5.64. The SMILES string of the molecule is NC(=O)c1cccc2[nH]c([C@@]34CCC[C@@H](CN3CCN3CCNCC3)C4)nc12. The average Bonchev–Trinajstić information content (AvgIpc) is 3.26. The lowest BCUT2D eigenvalue weighted by molar-refractivity contribution is 0.0940. The number of rotatable bonds is 5. The molecule has 1 amide bonds. The number of carbonyl (C=O) groups excluding carboxylic acids is 1. The van der Waals surface area contributed by atoms with Crippen molar-refractivity contribution in [3.8, 4) is 0 Å². The van der Waals surface area contributed by atoms with Gasteiger partial charge in [-0.05, 0) is 37.3 Å². The van der Waals surface area contributed by atoms with Crippen molar-refractivity contribution in [1.29, 1.82) is 0 Å². The summed E-state index contributed by atoms with van der Waals surface area (Å²) in [5, 5.41) is 3.43. The van der Waals surface area contributed by atoms with E-state index < -0.39 is 5.91 Å². The van der Waals surface area contributed by atoms with Gasteiger partial charge in [0, 0.05) is 45.8 Å². The first kappa shape index (κ1) is 18.1. The van der Waals surface area contributed by atoms with Gasteiger partial charge in [-0.15, -0.1) is 0 Å². The number of primary amides is 1. The minimum atomic E-state index is -0.412. The number of benzene rings is 1. The van der Waals surface area contributed by atoms with E-state index in [0.717, 1.165) is 75.0 Å². The standard InChI is InChI=1S/C21H30N6O/c22-19(28)16-4-1-5-17-18(16)25-20(24-17)21-6-2-3-15(13-21)14-27(21)12-11-26-9-7-23-8-10-26/h1,4-5,15,23H,2-3,6-14H2,(H2,22,28)(H,24,25)/t15-,21+/m1/s1. The van der Waals surface area contributed by atoms with E-state index >= 15 is 0 Å². The Kier molecular flexibility index (Phi) is 4.61. The number of H-pyrrole nitrogens is 1. The lowest BCUT2D eigenvalue weighted by Crippen LogP contribution is -2.49. The second-order valence-electron chi connectivity index (χ2n) is 8.68. The Bertz CT molecular complexity index is 873. The number of para-hydroxylation sites is 1. The van der Waals surface area contributed by atoms with E-state index in [4.69, 9.17) is 10.7 Å². The zero-order chi connectivity index (χ0) is 19.1. The van der Waals surface area contributed by atoms with Gasteiger partial charge < -0.3 is 16.0 Å². The van der Waals surface area contributed by atoms with E-state index in [1.54, 1.807) is 6.07 Å². The number of nitrogens with two attached hydrogens (primary N) is 1. The molecule has 3 heterocycles. The minimum Gasteiger partial charge on any atom is -0.366 e. The van der Waals surface area contributed by atoms with Crippen LogP contribution in [-0.4, -0.2) is 71.5 Å². The van der Waals surface area contributed by atoms with Gasteiger partial charge in [-0.3, -0.25) is 14.6 Å². The van der Waals surface area contributed by atoms with Crippen LogP contribution in [0.5, 0.6) is 0 Å². The first-order valence-electron chi connectivity index (χ1n) is 10.6. The zero-order valence-electron chi connectivity index (χ0n) is 16.4.